The van der Waals surface area contributed by atoms with Crippen molar-refractivity contribution < 1.29 is 33.4 Å². The van der Waals surface area contributed by atoms with Crippen molar-refractivity contribution in [2.75, 3.05) is 26.1 Å². The molecule has 0 aliphatic heterocycles. The third-order valence-corrected chi connectivity index (χ3v) is 5.12. The van der Waals surface area contributed by atoms with Crippen molar-refractivity contribution in [1.82, 2.24) is 0 Å². The van der Waals surface area contributed by atoms with Crippen molar-refractivity contribution in [3.63, 3.8) is 0 Å². The van der Waals surface area contributed by atoms with Gasteiger partial charge < -0.3 is 19.5 Å². The fourth-order valence-corrected chi connectivity index (χ4v) is 3.61. The van der Waals surface area contributed by atoms with E-state index in [-0.39, 0.29) is 16.8 Å². The third kappa shape index (κ3) is 4.81. The molecule has 1 heterocycles. The van der Waals surface area contributed by atoms with Crippen LogP contribution < -0.4 is 5.32 Å². The second-order valence-electron chi connectivity index (χ2n) is 6.05. The first kappa shape index (κ1) is 21.0. The summed E-state index contributed by atoms with van der Waals surface area (Å²) in [7, 11) is 2.39. The second-order valence-corrected chi connectivity index (χ2v) is 7.14. The van der Waals surface area contributed by atoms with E-state index in [9.17, 15) is 19.2 Å². The van der Waals surface area contributed by atoms with E-state index >= 15 is 0 Å². The van der Waals surface area contributed by atoms with E-state index in [0.717, 1.165) is 10.1 Å². The van der Waals surface area contributed by atoms with Gasteiger partial charge in [0.05, 0.1) is 25.3 Å². The Morgan fingerprint density at radius 1 is 0.867 bits per heavy atom. The summed E-state index contributed by atoms with van der Waals surface area (Å²) >= 11 is 1.27. The van der Waals surface area contributed by atoms with Crippen LogP contribution in [0.4, 0.5) is 5.69 Å². The lowest BCUT2D eigenvalue weighted by atomic mass is 10.1. The highest BCUT2D eigenvalue weighted by molar-refractivity contribution is 7.20. The molecule has 0 fully saturated rings. The van der Waals surface area contributed by atoms with Gasteiger partial charge >= 0.3 is 17.9 Å². The van der Waals surface area contributed by atoms with Gasteiger partial charge in [0, 0.05) is 10.4 Å². The largest absolute Gasteiger partial charge is 0.465 e. The highest BCUT2D eigenvalue weighted by Crippen LogP contribution is 2.25. The maximum absolute atomic E-state index is 12.2. The van der Waals surface area contributed by atoms with Crippen LogP contribution in [-0.4, -0.2) is 44.6 Å². The molecule has 0 spiro atoms. The molecular formula is C21H17NO7S. The maximum atomic E-state index is 12.2. The molecule has 1 amide bonds. The molecule has 0 saturated heterocycles. The van der Waals surface area contributed by atoms with Gasteiger partial charge in [0.25, 0.3) is 5.91 Å². The molecule has 9 heteroatoms. The van der Waals surface area contributed by atoms with Crippen molar-refractivity contribution in [2.45, 2.75) is 0 Å². The molecule has 2 aromatic carbocycles. The lowest BCUT2D eigenvalue weighted by Gasteiger charge is -2.09. The van der Waals surface area contributed by atoms with Gasteiger partial charge in [-0.15, -0.1) is 11.3 Å². The number of rotatable bonds is 6. The van der Waals surface area contributed by atoms with Crippen LogP contribution in [0.25, 0.3) is 10.1 Å². The monoisotopic (exact) mass is 427 g/mol. The molecule has 0 atom stereocenters. The van der Waals surface area contributed by atoms with Crippen molar-refractivity contribution >= 4 is 50.9 Å². The van der Waals surface area contributed by atoms with Crippen LogP contribution in [0.15, 0.2) is 48.5 Å². The van der Waals surface area contributed by atoms with Crippen molar-refractivity contribution in [3.05, 3.63) is 64.5 Å². The zero-order valence-corrected chi connectivity index (χ0v) is 16.9. The Bertz CT molecular complexity index is 1070. The number of carbonyl (C=O) groups excluding carboxylic acids is 4. The van der Waals surface area contributed by atoms with E-state index in [1.807, 2.05) is 24.3 Å². The molecule has 0 aliphatic rings. The minimum absolute atomic E-state index is 0.0537. The molecule has 1 aromatic heterocycles. The zero-order valence-electron chi connectivity index (χ0n) is 16.1. The summed E-state index contributed by atoms with van der Waals surface area (Å²) < 4.78 is 15.3. The van der Waals surface area contributed by atoms with Crippen molar-refractivity contribution in [1.29, 1.82) is 0 Å². The number of ether oxygens (including phenoxy) is 3. The van der Waals surface area contributed by atoms with Crippen LogP contribution in [0.2, 0.25) is 0 Å². The first-order chi connectivity index (χ1) is 14.4. The number of thiophene rings is 1. The molecule has 3 aromatic rings. The molecule has 0 radical (unpaired) electrons. The van der Waals surface area contributed by atoms with Crippen LogP contribution >= 0.6 is 11.3 Å². The van der Waals surface area contributed by atoms with Crippen LogP contribution in [0.1, 0.15) is 30.4 Å². The Balaban J connectivity index is 1.68. The van der Waals surface area contributed by atoms with Crippen molar-refractivity contribution in [2.24, 2.45) is 0 Å². The fraction of sp³-hybridized carbons (Fsp3) is 0.143. The number of esters is 3. The van der Waals surface area contributed by atoms with Crippen LogP contribution in [0.5, 0.6) is 0 Å². The minimum Gasteiger partial charge on any atom is -0.465 e. The summed E-state index contributed by atoms with van der Waals surface area (Å²) in [5.41, 5.74) is 0.261. The molecule has 154 valence electrons. The molecule has 3 rings (SSSR count). The van der Waals surface area contributed by atoms with Crippen LogP contribution in [0, 0.1) is 0 Å². The summed E-state index contributed by atoms with van der Waals surface area (Å²) in [6, 6.07) is 13.2. The zero-order chi connectivity index (χ0) is 21.7. The third-order valence-electron chi connectivity index (χ3n) is 4.02. The second kappa shape index (κ2) is 9.19. The number of carbonyl (C=O) groups is 4. The highest BCUT2D eigenvalue weighted by Gasteiger charge is 2.17. The van der Waals surface area contributed by atoms with Gasteiger partial charge in [-0.1, -0.05) is 18.2 Å². The summed E-state index contributed by atoms with van der Waals surface area (Å²) in [5.74, 6) is -2.63. The average Bonchev–Trinajstić information content (AvgIpc) is 3.20. The maximum Gasteiger partial charge on any atom is 0.348 e. The van der Waals surface area contributed by atoms with Gasteiger partial charge in [0.1, 0.15) is 4.88 Å². The topological polar surface area (TPSA) is 108 Å². The van der Waals surface area contributed by atoms with Gasteiger partial charge in [0.2, 0.25) is 0 Å². The van der Waals surface area contributed by atoms with E-state index < -0.39 is 30.4 Å². The number of fused-ring (bicyclic) bond motifs is 1. The Hall–Kier alpha value is -3.72. The van der Waals surface area contributed by atoms with Crippen LogP contribution in [-0.2, 0) is 19.0 Å². The SMILES string of the molecule is COC(=O)c1cc(NC(=O)COC(=O)c2cc3ccccc3s2)cc(C(=O)OC)c1. The quantitative estimate of drug-likeness (QED) is 0.475. The Labute approximate surface area is 175 Å². The van der Waals surface area contributed by atoms with E-state index in [0.29, 0.717) is 4.88 Å². The number of hydrogen-bond donors (Lipinski definition) is 1. The molecule has 0 unspecified atom stereocenters. The van der Waals surface area contributed by atoms with Gasteiger partial charge in [-0.25, -0.2) is 14.4 Å². The number of anilines is 1. The number of benzene rings is 2. The van der Waals surface area contributed by atoms with Gasteiger partial charge in [-0.05, 0) is 35.7 Å². The Kier molecular flexibility index (Phi) is 6.43. The summed E-state index contributed by atoms with van der Waals surface area (Å²) in [6.07, 6.45) is 0. The molecule has 1 N–H and O–H groups in total. The fourth-order valence-electron chi connectivity index (χ4n) is 2.65. The normalized spacial score (nSPS) is 10.3. The lowest BCUT2D eigenvalue weighted by Crippen LogP contribution is -2.21. The average molecular weight is 427 g/mol. The van der Waals surface area contributed by atoms with E-state index in [4.69, 9.17) is 4.74 Å². The van der Waals surface area contributed by atoms with Crippen LogP contribution in [0.3, 0.4) is 0 Å². The Morgan fingerprint density at radius 3 is 2.10 bits per heavy atom. The molecule has 30 heavy (non-hydrogen) atoms. The summed E-state index contributed by atoms with van der Waals surface area (Å²) in [4.78, 5) is 48.4. The van der Waals surface area contributed by atoms with Gasteiger partial charge in [0.15, 0.2) is 6.61 Å². The Morgan fingerprint density at radius 2 is 1.50 bits per heavy atom. The molecule has 0 aliphatic carbocycles. The minimum atomic E-state index is -0.688. The van der Waals surface area contributed by atoms with Crippen molar-refractivity contribution in [3.8, 4) is 0 Å². The standard InChI is InChI=1S/C21H17NO7S/c1-27-19(24)13-7-14(20(25)28-2)9-15(8-13)22-18(23)11-29-21(26)17-10-12-5-3-4-6-16(12)30-17/h3-10H,11H2,1-2H3,(H,22,23). The molecule has 0 saturated carbocycles. The smallest absolute Gasteiger partial charge is 0.348 e. The van der Waals surface area contributed by atoms with Gasteiger partial charge in [-0.2, -0.15) is 0 Å². The van der Waals surface area contributed by atoms with E-state index in [2.05, 4.69) is 14.8 Å². The summed E-state index contributed by atoms with van der Waals surface area (Å²) in [6.45, 7) is -0.539. The predicted octanol–water partition coefficient (Wildman–Crippen LogP) is 3.27. The van der Waals surface area contributed by atoms with Gasteiger partial charge in [-0.3, -0.25) is 4.79 Å². The first-order valence-corrected chi connectivity index (χ1v) is 9.50. The van der Waals surface area contributed by atoms with E-state index in [1.54, 1.807) is 6.07 Å². The number of methoxy groups -OCH3 is 2. The summed E-state index contributed by atoms with van der Waals surface area (Å²) in [5, 5.41) is 3.40. The van der Waals surface area contributed by atoms with E-state index in [1.165, 1.54) is 43.8 Å². The first-order valence-electron chi connectivity index (χ1n) is 8.68. The number of nitrogens with one attached hydrogen (secondary N) is 1. The number of hydrogen-bond acceptors (Lipinski definition) is 8. The molecule has 0 bridgehead atoms. The predicted molar refractivity (Wildman–Crippen MR) is 110 cm³/mol. The molecular weight excluding hydrogens is 410 g/mol. The number of amides is 1. The molecule has 8 nitrogen and oxygen atoms in total. The highest BCUT2D eigenvalue weighted by atomic mass is 32.1. The lowest BCUT2D eigenvalue weighted by molar-refractivity contribution is -0.119.